The van der Waals surface area contributed by atoms with Gasteiger partial charge in [0.15, 0.2) is 0 Å². The van der Waals surface area contributed by atoms with Crippen molar-refractivity contribution in [2.45, 2.75) is 51.6 Å². The zero-order valence-corrected chi connectivity index (χ0v) is 10.4. The predicted octanol–water partition coefficient (Wildman–Crippen LogP) is 1.68. The maximum Gasteiger partial charge on any atom is 0.0540 e. The van der Waals surface area contributed by atoms with Crippen molar-refractivity contribution in [1.82, 2.24) is 0 Å². The second-order valence-corrected chi connectivity index (χ2v) is 5.89. The molecule has 0 unspecified atom stereocenters. The fourth-order valence-corrected chi connectivity index (χ4v) is 3.56. The average molecular weight is 227 g/mol. The Morgan fingerprint density at radius 3 is 2.25 bits per heavy atom. The summed E-state index contributed by atoms with van der Waals surface area (Å²) in [5.74, 6) is 0. The molecule has 0 aromatic heterocycles. The Bertz CT molecular complexity index is 228. The minimum atomic E-state index is -0.0943. The molecule has 1 aliphatic carbocycles. The summed E-state index contributed by atoms with van der Waals surface area (Å²) in [5, 5.41) is 9.65. The largest absolute Gasteiger partial charge is 0.393 e. The number of ether oxygens (including phenoxy) is 1. The van der Waals surface area contributed by atoms with Gasteiger partial charge in [-0.2, -0.15) is 0 Å². The summed E-state index contributed by atoms with van der Waals surface area (Å²) in [6.45, 7) is 4.89. The van der Waals surface area contributed by atoms with E-state index in [2.05, 4.69) is 6.92 Å². The standard InChI is InChI=1S/C13H25NO2/c1-12(6-8-16-9-7-12)13(10-14)4-2-11(15)3-5-13/h11,15H,2-10,14H2,1H3. The van der Waals surface area contributed by atoms with Crippen molar-refractivity contribution in [2.24, 2.45) is 16.6 Å². The van der Waals surface area contributed by atoms with E-state index in [1.165, 1.54) is 0 Å². The molecule has 3 N–H and O–H groups in total. The van der Waals surface area contributed by atoms with Crippen molar-refractivity contribution < 1.29 is 9.84 Å². The molecule has 0 aromatic rings. The van der Waals surface area contributed by atoms with Gasteiger partial charge in [-0.15, -0.1) is 0 Å². The van der Waals surface area contributed by atoms with Gasteiger partial charge in [0.25, 0.3) is 0 Å². The molecule has 0 atom stereocenters. The Labute approximate surface area is 98.4 Å². The third kappa shape index (κ3) is 2.01. The molecule has 1 aliphatic heterocycles. The molecular formula is C13H25NO2. The lowest BCUT2D eigenvalue weighted by Crippen LogP contribution is -2.50. The quantitative estimate of drug-likeness (QED) is 0.754. The van der Waals surface area contributed by atoms with Gasteiger partial charge in [0.2, 0.25) is 0 Å². The first kappa shape index (κ1) is 12.3. The summed E-state index contributed by atoms with van der Waals surface area (Å²) >= 11 is 0. The second kappa shape index (κ2) is 4.63. The molecule has 2 aliphatic rings. The van der Waals surface area contributed by atoms with E-state index in [0.29, 0.717) is 5.41 Å². The van der Waals surface area contributed by atoms with Crippen LogP contribution in [-0.4, -0.2) is 31.0 Å². The van der Waals surface area contributed by atoms with E-state index in [-0.39, 0.29) is 11.5 Å². The van der Waals surface area contributed by atoms with Crippen LogP contribution in [-0.2, 0) is 4.74 Å². The van der Waals surface area contributed by atoms with Crippen LogP contribution in [0, 0.1) is 10.8 Å². The Hall–Kier alpha value is -0.120. The molecule has 1 saturated carbocycles. The third-order valence-corrected chi connectivity index (χ3v) is 5.18. The molecule has 2 rings (SSSR count). The van der Waals surface area contributed by atoms with E-state index < -0.39 is 0 Å². The molecule has 1 saturated heterocycles. The normalized spacial score (nSPS) is 39.6. The molecule has 3 heteroatoms. The number of hydrogen-bond donors (Lipinski definition) is 2. The summed E-state index contributed by atoms with van der Waals surface area (Å²) in [4.78, 5) is 0. The Balaban J connectivity index is 2.13. The van der Waals surface area contributed by atoms with Crippen molar-refractivity contribution in [1.29, 1.82) is 0 Å². The van der Waals surface area contributed by atoms with E-state index in [9.17, 15) is 5.11 Å². The molecular weight excluding hydrogens is 202 g/mol. The van der Waals surface area contributed by atoms with Crippen molar-refractivity contribution in [3.8, 4) is 0 Å². The van der Waals surface area contributed by atoms with Crippen LogP contribution < -0.4 is 5.73 Å². The monoisotopic (exact) mass is 227 g/mol. The zero-order valence-electron chi connectivity index (χ0n) is 10.4. The predicted molar refractivity (Wildman–Crippen MR) is 64.1 cm³/mol. The van der Waals surface area contributed by atoms with Gasteiger partial charge >= 0.3 is 0 Å². The lowest BCUT2D eigenvalue weighted by atomic mass is 9.54. The van der Waals surface area contributed by atoms with Gasteiger partial charge in [0.1, 0.15) is 0 Å². The number of rotatable bonds is 2. The van der Waals surface area contributed by atoms with Crippen LogP contribution in [0.1, 0.15) is 45.4 Å². The first-order valence-electron chi connectivity index (χ1n) is 6.58. The molecule has 1 heterocycles. The first-order valence-corrected chi connectivity index (χ1v) is 6.58. The molecule has 2 fully saturated rings. The highest BCUT2D eigenvalue weighted by Gasteiger charge is 2.48. The smallest absolute Gasteiger partial charge is 0.0540 e. The highest BCUT2D eigenvalue weighted by atomic mass is 16.5. The lowest BCUT2D eigenvalue weighted by Gasteiger charge is -2.53. The van der Waals surface area contributed by atoms with Gasteiger partial charge in [-0.1, -0.05) is 6.92 Å². The van der Waals surface area contributed by atoms with Crippen molar-refractivity contribution in [3.63, 3.8) is 0 Å². The Morgan fingerprint density at radius 1 is 1.19 bits per heavy atom. The van der Waals surface area contributed by atoms with Gasteiger partial charge in [0.05, 0.1) is 6.10 Å². The van der Waals surface area contributed by atoms with Crippen LogP contribution in [0.4, 0.5) is 0 Å². The second-order valence-electron chi connectivity index (χ2n) is 5.89. The summed E-state index contributed by atoms with van der Waals surface area (Å²) in [7, 11) is 0. The van der Waals surface area contributed by atoms with Gasteiger partial charge in [-0.3, -0.25) is 0 Å². The van der Waals surface area contributed by atoms with Crippen molar-refractivity contribution in [2.75, 3.05) is 19.8 Å². The fourth-order valence-electron chi connectivity index (χ4n) is 3.56. The summed E-state index contributed by atoms with van der Waals surface area (Å²) in [6.07, 6.45) is 6.17. The summed E-state index contributed by atoms with van der Waals surface area (Å²) < 4.78 is 5.48. The van der Waals surface area contributed by atoms with E-state index >= 15 is 0 Å². The lowest BCUT2D eigenvalue weighted by molar-refractivity contribution is -0.0841. The molecule has 94 valence electrons. The van der Waals surface area contributed by atoms with Crippen LogP contribution in [0.15, 0.2) is 0 Å². The number of aliphatic hydroxyl groups is 1. The van der Waals surface area contributed by atoms with Crippen molar-refractivity contribution >= 4 is 0 Å². The van der Waals surface area contributed by atoms with E-state index in [1.54, 1.807) is 0 Å². The van der Waals surface area contributed by atoms with Crippen LogP contribution in [0.5, 0.6) is 0 Å². The minimum absolute atomic E-state index is 0.0943. The average Bonchev–Trinajstić information content (AvgIpc) is 2.31. The molecule has 0 spiro atoms. The van der Waals surface area contributed by atoms with Crippen LogP contribution in [0.25, 0.3) is 0 Å². The summed E-state index contributed by atoms with van der Waals surface area (Å²) in [5.41, 5.74) is 6.64. The van der Waals surface area contributed by atoms with Gasteiger partial charge in [-0.05, 0) is 55.9 Å². The Morgan fingerprint density at radius 2 is 1.75 bits per heavy atom. The zero-order chi connectivity index (χ0) is 11.6. The van der Waals surface area contributed by atoms with Gasteiger partial charge < -0.3 is 15.6 Å². The third-order valence-electron chi connectivity index (χ3n) is 5.18. The van der Waals surface area contributed by atoms with Gasteiger partial charge in [0, 0.05) is 13.2 Å². The SMILES string of the molecule is CC1(C2(CN)CCC(O)CC2)CCOCC1. The first-order chi connectivity index (χ1) is 7.62. The molecule has 3 nitrogen and oxygen atoms in total. The van der Waals surface area contributed by atoms with Crippen LogP contribution >= 0.6 is 0 Å². The minimum Gasteiger partial charge on any atom is -0.393 e. The topological polar surface area (TPSA) is 55.5 Å². The van der Waals surface area contributed by atoms with E-state index in [4.69, 9.17) is 10.5 Å². The number of hydrogen-bond acceptors (Lipinski definition) is 3. The maximum atomic E-state index is 9.65. The van der Waals surface area contributed by atoms with Crippen LogP contribution in [0.2, 0.25) is 0 Å². The molecule has 0 amide bonds. The van der Waals surface area contributed by atoms with Gasteiger partial charge in [-0.25, -0.2) is 0 Å². The highest BCUT2D eigenvalue weighted by Crippen LogP contribution is 2.53. The molecule has 0 aromatic carbocycles. The molecule has 0 bridgehead atoms. The molecule has 0 radical (unpaired) electrons. The fraction of sp³-hybridized carbons (Fsp3) is 1.00. The number of nitrogens with two attached hydrogens (primary N) is 1. The van der Waals surface area contributed by atoms with E-state index in [1.807, 2.05) is 0 Å². The highest BCUT2D eigenvalue weighted by molar-refractivity contribution is 4.99. The Kier molecular flexibility index (Phi) is 3.57. The van der Waals surface area contributed by atoms with E-state index in [0.717, 1.165) is 58.3 Å². The summed E-state index contributed by atoms with van der Waals surface area (Å²) in [6, 6.07) is 0. The molecule has 16 heavy (non-hydrogen) atoms. The van der Waals surface area contributed by atoms with Crippen molar-refractivity contribution in [3.05, 3.63) is 0 Å². The maximum absolute atomic E-state index is 9.65. The number of aliphatic hydroxyl groups excluding tert-OH is 1. The van der Waals surface area contributed by atoms with Crippen LogP contribution in [0.3, 0.4) is 0 Å².